The van der Waals surface area contributed by atoms with E-state index < -0.39 is 0 Å². The zero-order chi connectivity index (χ0) is 30.3. The second kappa shape index (κ2) is 17.9. The van der Waals surface area contributed by atoms with E-state index in [0.29, 0.717) is 0 Å². The largest absolute Gasteiger partial charge is 3.00 e. The van der Waals surface area contributed by atoms with E-state index in [2.05, 4.69) is 68.5 Å². The van der Waals surface area contributed by atoms with Crippen molar-refractivity contribution in [1.82, 2.24) is 19.9 Å². The molecule has 4 aromatic carbocycles. The number of Topliss-reactive ketones (excluding diaryl/α,β-unsaturated/α-hetero) is 2. The molecule has 0 aliphatic rings. The van der Waals surface area contributed by atoms with Crippen LogP contribution in [0, 0.1) is 0 Å². The Hall–Kier alpha value is -4.97. The van der Waals surface area contributed by atoms with E-state index in [0.717, 1.165) is 45.0 Å². The first-order chi connectivity index (χ1) is 21.0. The monoisotopic (exact) mass is 757 g/mol. The molecule has 6 rings (SSSR count). The van der Waals surface area contributed by atoms with Gasteiger partial charge < -0.3 is 0 Å². The molecule has 0 unspecified atom stereocenters. The van der Waals surface area contributed by atoms with Gasteiger partial charge in [0, 0.05) is 22.3 Å². The van der Waals surface area contributed by atoms with Gasteiger partial charge in [-0.25, -0.2) is 19.9 Å². The number of carbonyl (C=O) groups excluding carboxylic acids is 2. The Bertz CT molecular complexity index is 1490. The van der Waals surface area contributed by atoms with Gasteiger partial charge in [-0.1, -0.05) is 121 Å². The molecule has 0 aliphatic carbocycles. The van der Waals surface area contributed by atoms with Crippen LogP contribution in [0.2, 0.25) is 0 Å². The smallest absolute Gasteiger partial charge is 0.300 e. The second-order valence-corrected chi connectivity index (χ2v) is 9.62. The molecule has 0 amide bonds. The summed E-state index contributed by atoms with van der Waals surface area (Å²) in [5.74, 6) is -0.125. The van der Waals surface area contributed by atoms with Crippen molar-refractivity contribution < 1.29 is 29.7 Å². The van der Waals surface area contributed by atoms with Gasteiger partial charge in [0.05, 0.1) is 29.2 Å². The van der Waals surface area contributed by atoms with Gasteiger partial charge >= 0.3 is 20.1 Å². The zero-order valence-corrected chi connectivity index (χ0v) is 26.9. The Morgan fingerprint density at radius 2 is 0.659 bits per heavy atom. The summed E-state index contributed by atoms with van der Waals surface area (Å²) in [5.41, 5.74) is 8.23. The molecule has 0 spiro atoms. The first-order valence-electron chi connectivity index (χ1n) is 13.8. The summed E-state index contributed by atoms with van der Waals surface area (Å²) < 4.78 is 0. The molecule has 0 radical (unpaired) electrons. The van der Waals surface area contributed by atoms with Crippen LogP contribution < -0.4 is 0 Å². The Kier molecular flexibility index (Phi) is 13.6. The van der Waals surface area contributed by atoms with Crippen molar-refractivity contribution >= 4 is 11.6 Å². The maximum Gasteiger partial charge on any atom is 3.00 e. The molecule has 44 heavy (non-hydrogen) atoms. The van der Waals surface area contributed by atoms with Crippen LogP contribution in [0.3, 0.4) is 0 Å². The van der Waals surface area contributed by atoms with Gasteiger partial charge in [0.2, 0.25) is 0 Å². The molecular weight excluding hydrogens is 725 g/mol. The molecule has 6 nitrogen and oxygen atoms in total. The molecule has 0 aliphatic heterocycles. The minimum atomic E-state index is -0.0625. The maximum absolute atomic E-state index is 10.0. The molecule has 0 N–H and O–H groups in total. The minimum absolute atomic E-state index is 0. The van der Waals surface area contributed by atoms with Crippen LogP contribution in [-0.2, 0) is 29.7 Å². The fourth-order valence-electron chi connectivity index (χ4n) is 4.13. The second-order valence-electron chi connectivity index (χ2n) is 9.62. The Morgan fingerprint density at radius 1 is 0.432 bits per heavy atom. The van der Waals surface area contributed by atoms with Crippen molar-refractivity contribution in [3.63, 3.8) is 0 Å². The molecule has 2 heterocycles. The number of rotatable bonds is 6. The van der Waals surface area contributed by atoms with Crippen LogP contribution in [0.1, 0.15) is 20.3 Å². The average Bonchev–Trinajstić information content (AvgIpc) is 3.06. The first kappa shape index (κ1) is 33.5. The van der Waals surface area contributed by atoms with Crippen molar-refractivity contribution in [2.24, 2.45) is 0 Å². The van der Waals surface area contributed by atoms with Crippen molar-refractivity contribution in [2.75, 3.05) is 0 Å². The normalized spacial score (nSPS) is 9.68. The van der Waals surface area contributed by atoms with Crippen LogP contribution in [0.5, 0.6) is 0 Å². The van der Waals surface area contributed by atoms with Crippen molar-refractivity contribution in [1.29, 1.82) is 0 Å². The molecule has 0 saturated carbocycles. The predicted molar refractivity (Wildman–Crippen MR) is 172 cm³/mol. The molecule has 218 valence electrons. The molecule has 7 heteroatoms. The van der Waals surface area contributed by atoms with Crippen molar-refractivity contribution in [2.45, 2.75) is 20.3 Å². The van der Waals surface area contributed by atoms with Crippen LogP contribution >= 0.6 is 0 Å². The molecular formula is C37H32IrN4O2+3. The molecule has 0 bridgehead atoms. The summed E-state index contributed by atoms with van der Waals surface area (Å²) >= 11 is 0. The minimum Gasteiger partial charge on any atom is -0.300 e. The fourth-order valence-corrected chi connectivity index (χ4v) is 4.13. The zero-order valence-electron chi connectivity index (χ0n) is 24.5. The van der Waals surface area contributed by atoms with Gasteiger partial charge in [-0.15, -0.1) is 0 Å². The number of ketones is 2. The standard InChI is InChI=1S/2C16H12N2.C5H8O2.Ir/c2*1-3-7-13(8-4-1)15-11-16(18-12-17-15)14-9-5-2-6-10-14;1-4(6)3-5(2)7;/h2*1-12H;3H2,1-2H3;/q;;;+3. The number of benzene rings is 4. The summed E-state index contributed by atoms with van der Waals surface area (Å²) in [4.78, 5) is 37.4. The van der Waals surface area contributed by atoms with E-state index in [4.69, 9.17) is 0 Å². The van der Waals surface area contributed by atoms with Gasteiger partial charge in [-0.3, -0.25) is 9.59 Å². The topological polar surface area (TPSA) is 85.7 Å². The third-order valence-corrected chi connectivity index (χ3v) is 6.11. The molecule has 0 saturated heterocycles. The van der Waals surface area contributed by atoms with Crippen LogP contribution in [-0.4, -0.2) is 31.5 Å². The summed E-state index contributed by atoms with van der Waals surface area (Å²) in [7, 11) is 0. The van der Waals surface area contributed by atoms with E-state index >= 15 is 0 Å². The van der Waals surface area contributed by atoms with Crippen molar-refractivity contribution in [3.05, 3.63) is 146 Å². The number of hydrogen-bond acceptors (Lipinski definition) is 6. The van der Waals surface area contributed by atoms with Gasteiger partial charge in [-0.2, -0.15) is 0 Å². The Labute approximate surface area is 271 Å². The van der Waals surface area contributed by atoms with E-state index in [9.17, 15) is 9.59 Å². The van der Waals surface area contributed by atoms with E-state index in [-0.39, 0.29) is 38.1 Å². The number of aromatic nitrogens is 4. The number of hydrogen-bond donors (Lipinski definition) is 0. The molecule has 0 atom stereocenters. The maximum atomic E-state index is 10.0. The molecule has 0 fully saturated rings. The summed E-state index contributed by atoms with van der Waals surface area (Å²) in [6.07, 6.45) is 3.31. The van der Waals surface area contributed by atoms with E-state index in [1.165, 1.54) is 13.8 Å². The SMILES string of the molecule is CC(=O)CC(C)=O.[Ir+3].c1ccc(-c2cc(-c3ccccc3)ncn2)cc1.c1ccc(-c2cc(-c3ccccc3)ncn2)cc1. The Morgan fingerprint density at radius 3 is 0.841 bits per heavy atom. The average molecular weight is 757 g/mol. The van der Waals surface area contributed by atoms with E-state index in [1.54, 1.807) is 12.7 Å². The third kappa shape index (κ3) is 10.7. The van der Waals surface area contributed by atoms with Crippen LogP contribution in [0.25, 0.3) is 45.0 Å². The van der Waals surface area contributed by atoms with Crippen molar-refractivity contribution in [3.8, 4) is 45.0 Å². The quantitative estimate of drug-likeness (QED) is 0.160. The van der Waals surface area contributed by atoms with Crippen LogP contribution in [0.4, 0.5) is 0 Å². The van der Waals surface area contributed by atoms with Gasteiger partial charge in [0.15, 0.2) is 0 Å². The summed E-state index contributed by atoms with van der Waals surface area (Å²) in [6.45, 7) is 2.81. The number of carbonyl (C=O) groups is 2. The summed E-state index contributed by atoms with van der Waals surface area (Å²) in [6, 6.07) is 44.6. The van der Waals surface area contributed by atoms with E-state index in [1.807, 2.05) is 84.9 Å². The van der Waals surface area contributed by atoms with Gasteiger partial charge in [0.25, 0.3) is 0 Å². The predicted octanol–water partition coefficient (Wildman–Crippen LogP) is 8.17. The number of nitrogens with zero attached hydrogens (tertiary/aromatic N) is 4. The van der Waals surface area contributed by atoms with Gasteiger partial charge in [-0.05, 0) is 26.0 Å². The Balaban J connectivity index is 0.000000196. The summed E-state index contributed by atoms with van der Waals surface area (Å²) in [5, 5.41) is 0. The molecule has 2 aromatic heterocycles. The van der Waals surface area contributed by atoms with Gasteiger partial charge in [0.1, 0.15) is 24.2 Å². The third-order valence-electron chi connectivity index (χ3n) is 6.11. The fraction of sp³-hybridized carbons (Fsp3) is 0.0811. The molecule has 6 aromatic rings. The van der Waals surface area contributed by atoms with Crippen LogP contribution in [0.15, 0.2) is 146 Å². The first-order valence-corrected chi connectivity index (χ1v) is 13.8.